The van der Waals surface area contributed by atoms with Gasteiger partial charge in [-0.25, -0.2) is 0 Å². The van der Waals surface area contributed by atoms with Crippen molar-refractivity contribution in [2.24, 2.45) is 0 Å². The van der Waals surface area contributed by atoms with Crippen molar-refractivity contribution in [1.82, 2.24) is 4.98 Å². The highest BCUT2D eigenvalue weighted by molar-refractivity contribution is 7.10. The van der Waals surface area contributed by atoms with Gasteiger partial charge >= 0.3 is 0 Å². The average molecular weight is 283 g/mol. The number of nitrogen functional groups attached to an aromatic ring is 1. The maximum atomic E-state index is 5.82. The van der Waals surface area contributed by atoms with Gasteiger partial charge in [0.15, 0.2) is 0 Å². The lowest BCUT2D eigenvalue weighted by atomic mass is 10.1. The Morgan fingerprint density at radius 3 is 2.95 bits per heavy atom. The lowest BCUT2D eigenvalue weighted by Crippen LogP contribution is -2.08. The molecule has 2 aromatic heterocycles. The van der Waals surface area contributed by atoms with Crippen molar-refractivity contribution < 1.29 is 0 Å². The first-order valence-electron chi connectivity index (χ1n) is 6.72. The zero-order chi connectivity index (χ0) is 13.9. The van der Waals surface area contributed by atoms with E-state index in [1.807, 2.05) is 30.5 Å². The van der Waals surface area contributed by atoms with Gasteiger partial charge in [0.25, 0.3) is 0 Å². The molecule has 4 heteroatoms. The van der Waals surface area contributed by atoms with E-state index in [1.54, 1.807) is 11.3 Å². The smallest absolute Gasteiger partial charge is 0.0743 e. The standard InChI is InChI=1S/C16H17N3S/c1-2-13(16-4-3-9-20-16)19-14-7-8-18-15-10-11(17)5-6-12(14)15/h3-10,13H,2,17H2,1H3,(H,18,19). The molecule has 1 unspecified atom stereocenters. The zero-order valence-corrected chi connectivity index (χ0v) is 12.2. The number of aromatic nitrogens is 1. The molecule has 0 spiro atoms. The fourth-order valence-corrected chi connectivity index (χ4v) is 3.20. The number of hydrogen-bond donors (Lipinski definition) is 2. The summed E-state index contributed by atoms with van der Waals surface area (Å²) >= 11 is 1.78. The van der Waals surface area contributed by atoms with E-state index in [4.69, 9.17) is 5.73 Å². The van der Waals surface area contributed by atoms with Crippen molar-refractivity contribution in [3.8, 4) is 0 Å². The van der Waals surface area contributed by atoms with Crippen molar-refractivity contribution in [2.75, 3.05) is 11.1 Å². The van der Waals surface area contributed by atoms with E-state index in [0.29, 0.717) is 6.04 Å². The molecule has 0 radical (unpaired) electrons. The van der Waals surface area contributed by atoms with Gasteiger partial charge in [-0.15, -0.1) is 11.3 Å². The third-order valence-electron chi connectivity index (χ3n) is 3.39. The van der Waals surface area contributed by atoms with Crippen LogP contribution in [0.5, 0.6) is 0 Å². The monoisotopic (exact) mass is 283 g/mol. The molecule has 0 bridgehead atoms. The van der Waals surface area contributed by atoms with Crippen molar-refractivity contribution in [3.05, 3.63) is 52.9 Å². The van der Waals surface area contributed by atoms with Crippen LogP contribution in [0.15, 0.2) is 48.0 Å². The zero-order valence-electron chi connectivity index (χ0n) is 11.3. The number of nitrogens with two attached hydrogens (primary N) is 1. The summed E-state index contributed by atoms with van der Waals surface area (Å²) in [5.74, 6) is 0. The SMILES string of the molecule is CCC(Nc1ccnc2cc(N)ccc12)c1cccs1. The van der Waals surface area contributed by atoms with Crippen LogP contribution in [0.4, 0.5) is 11.4 Å². The number of hydrogen-bond acceptors (Lipinski definition) is 4. The largest absolute Gasteiger partial charge is 0.399 e. The first-order valence-corrected chi connectivity index (χ1v) is 7.60. The van der Waals surface area contributed by atoms with Crippen LogP contribution in [0.2, 0.25) is 0 Å². The van der Waals surface area contributed by atoms with Gasteiger partial charge in [-0.1, -0.05) is 13.0 Å². The van der Waals surface area contributed by atoms with Gasteiger partial charge in [-0.2, -0.15) is 0 Å². The summed E-state index contributed by atoms with van der Waals surface area (Å²) in [6.45, 7) is 2.19. The molecule has 1 aromatic carbocycles. The van der Waals surface area contributed by atoms with Gasteiger partial charge in [0.2, 0.25) is 0 Å². The maximum absolute atomic E-state index is 5.82. The van der Waals surface area contributed by atoms with Crippen molar-refractivity contribution in [1.29, 1.82) is 0 Å². The van der Waals surface area contributed by atoms with Crippen molar-refractivity contribution in [2.45, 2.75) is 19.4 Å². The molecule has 0 aliphatic carbocycles. The lowest BCUT2D eigenvalue weighted by molar-refractivity contribution is 0.765. The van der Waals surface area contributed by atoms with Gasteiger partial charge in [0.05, 0.1) is 11.6 Å². The van der Waals surface area contributed by atoms with Crippen LogP contribution < -0.4 is 11.1 Å². The fourth-order valence-electron chi connectivity index (χ4n) is 2.34. The van der Waals surface area contributed by atoms with E-state index in [-0.39, 0.29) is 0 Å². The molecule has 0 saturated heterocycles. The van der Waals surface area contributed by atoms with Gasteiger partial charge < -0.3 is 11.1 Å². The van der Waals surface area contributed by atoms with Crippen molar-refractivity contribution in [3.63, 3.8) is 0 Å². The molecule has 20 heavy (non-hydrogen) atoms. The minimum atomic E-state index is 0.332. The van der Waals surface area contributed by atoms with Gasteiger partial charge in [0, 0.05) is 27.8 Å². The number of benzene rings is 1. The quantitative estimate of drug-likeness (QED) is 0.696. The molecule has 3 aromatic rings. The van der Waals surface area contributed by atoms with Gasteiger partial charge in [-0.3, -0.25) is 4.98 Å². The van der Waals surface area contributed by atoms with Crippen LogP contribution in [0.25, 0.3) is 10.9 Å². The molecule has 0 aliphatic heterocycles. The third-order valence-corrected chi connectivity index (χ3v) is 4.38. The summed E-state index contributed by atoms with van der Waals surface area (Å²) in [4.78, 5) is 5.74. The second kappa shape index (κ2) is 5.51. The molecule has 0 saturated carbocycles. The molecule has 102 valence electrons. The Hall–Kier alpha value is -2.07. The number of nitrogens with one attached hydrogen (secondary N) is 1. The summed E-state index contributed by atoms with van der Waals surface area (Å²) in [6, 6.07) is 12.5. The van der Waals surface area contributed by atoms with Crippen LogP contribution in [0.1, 0.15) is 24.3 Å². The number of nitrogens with zero attached hydrogens (tertiary/aromatic N) is 1. The Labute approximate surface area is 122 Å². The molecule has 0 amide bonds. The summed E-state index contributed by atoms with van der Waals surface area (Å²) in [7, 11) is 0. The predicted octanol–water partition coefficient (Wildman–Crippen LogP) is 4.44. The topological polar surface area (TPSA) is 50.9 Å². The minimum absolute atomic E-state index is 0.332. The highest BCUT2D eigenvalue weighted by Crippen LogP contribution is 2.30. The Kier molecular flexibility index (Phi) is 3.56. The number of thiophene rings is 1. The molecular formula is C16H17N3S. The second-order valence-electron chi connectivity index (χ2n) is 4.76. The van der Waals surface area contributed by atoms with Gasteiger partial charge in [-0.05, 0) is 42.1 Å². The molecule has 3 rings (SSSR count). The van der Waals surface area contributed by atoms with Crippen LogP contribution in [-0.4, -0.2) is 4.98 Å². The number of pyridine rings is 1. The Bertz CT molecular complexity index is 707. The van der Waals surface area contributed by atoms with E-state index in [2.05, 4.69) is 34.7 Å². The Balaban J connectivity index is 1.98. The van der Waals surface area contributed by atoms with Crippen LogP contribution in [0.3, 0.4) is 0 Å². The maximum Gasteiger partial charge on any atom is 0.0743 e. The summed E-state index contributed by atoms with van der Waals surface area (Å²) in [6.07, 6.45) is 2.87. The second-order valence-corrected chi connectivity index (χ2v) is 5.73. The average Bonchev–Trinajstić information content (AvgIpc) is 2.98. The minimum Gasteiger partial charge on any atom is -0.399 e. The van der Waals surface area contributed by atoms with E-state index in [0.717, 1.165) is 28.7 Å². The first kappa shape index (κ1) is 12.9. The molecule has 0 aliphatic rings. The van der Waals surface area contributed by atoms with Gasteiger partial charge in [0.1, 0.15) is 0 Å². The molecule has 0 fully saturated rings. The van der Waals surface area contributed by atoms with Crippen LogP contribution in [-0.2, 0) is 0 Å². The Morgan fingerprint density at radius 2 is 2.20 bits per heavy atom. The molecular weight excluding hydrogens is 266 g/mol. The lowest BCUT2D eigenvalue weighted by Gasteiger charge is -2.18. The van der Waals surface area contributed by atoms with E-state index in [9.17, 15) is 0 Å². The third kappa shape index (κ3) is 2.47. The normalized spacial score (nSPS) is 12.4. The number of fused-ring (bicyclic) bond motifs is 1. The Morgan fingerprint density at radius 1 is 1.30 bits per heavy atom. The summed E-state index contributed by atoms with van der Waals surface area (Å²) in [5, 5.41) is 6.85. The number of anilines is 2. The summed E-state index contributed by atoms with van der Waals surface area (Å²) in [5.41, 5.74) is 8.60. The number of rotatable bonds is 4. The first-order chi connectivity index (χ1) is 9.78. The predicted molar refractivity (Wildman–Crippen MR) is 87.1 cm³/mol. The van der Waals surface area contributed by atoms with Crippen molar-refractivity contribution >= 4 is 33.6 Å². The van der Waals surface area contributed by atoms with Crippen LogP contribution >= 0.6 is 11.3 Å². The molecule has 1 atom stereocenters. The van der Waals surface area contributed by atoms with E-state index in [1.165, 1.54) is 4.88 Å². The molecule has 3 N–H and O–H groups in total. The highest BCUT2D eigenvalue weighted by atomic mass is 32.1. The van der Waals surface area contributed by atoms with E-state index < -0.39 is 0 Å². The van der Waals surface area contributed by atoms with Crippen LogP contribution in [0, 0.1) is 0 Å². The molecule has 3 nitrogen and oxygen atoms in total. The summed E-state index contributed by atoms with van der Waals surface area (Å²) < 4.78 is 0. The molecule has 2 heterocycles. The van der Waals surface area contributed by atoms with E-state index >= 15 is 0 Å². The fraction of sp³-hybridized carbons (Fsp3) is 0.188. The highest BCUT2D eigenvalue weighted by Gasteiger charge is 2.11.